The van der Waals surface area contributed by atoms with E-state index in [-0.39, 0.29) is 0 Å². The standard InChI is InChI=1S/C20H22N6/c21-10-16-19(24-14-5-8-26(9-6-14)12-13-3-4-13)18-15-2-1-7-22-20(15)25-17(18)11-23-16/h1-2,7,11,13-14,24H,3-6,8-9,12H2,(H,22,25). The summed E-state index contributed by atoms with van der Waals surface area (Å²) in [6.07, 6.45) is 8.54. The minimum Gasteiger partial charge on any atom is -0.379 e. The van der Waals surface area contributed by atoms with Crippen molar-refractivity contribution in [2.75, 3.05) is 25.0 Å². The first kappa shape index (κ1) is 15.6. The molecule has 26 heavy (non-hydrogen) atoms. The van der Waals surface area contributed by atoms with Gasteiger partial charge in [0.1, 0.15) is 11.7 Å². The summed E-state index contributed by atoms with van der Waals surface area (Å²) in [4.78, 5) is 14.7. The van der Waals surface area contributed by atoms with Crippen LogP contribution in [0.5, 0.6) is 0 Å². The summed E-state index contributed by atoms with van der Waals surface area (Å²) in [6.45, 7) is 3.53. The van der Waals surface area contributed by atoms with Crippen molar-refractivity contribution in [1.82, 2.24) is 19.9 Å². The monoisotopic (exact) mass is 346 g/mol. The van der Waals surface area contributed by atoms with E-state index >= 15 is 0 Å². The van der Waals surface area contributed by atoms with E-state index in [1.165, 1.54) is 19.4 Å². The van der Waals surface area contributed by atoms with Crippen LogP contribution in [0.15, 0.2) is 24.5 Å². The van der Waals surface area contributed by atoms with Crippen LogP contribution in [0.1, 0.15) is 31.4 Å². The molecule has 4 heterocycles. The van der Waals surface area contributed by atoms with E-state index in [0.717, 1.165) is 59.5 Å². The number of hydrogen-bond donors (Lipinski definition) is 2. The number of hydrogen-bond acceptors (Lipinski definition) is 5. The van der Waals surface area contributed by atoms with E-state index in [1.54, 1.807) is 12.4 Å². The van der Waals surface area contributed by atoms with E-state index in [4.69, 9.17) is 0 Å². The molecule has 1 aliphatic carbocycles. The molecule has 0 bridgehead atoms. The molecule has 1 saturated carbocycles. The smallest absolute Gasteiger partial charge is 0.164 e. The summed E-state index contributed by atoms with van der Waals surface area (Å²) in [5.74, 6) is 0.946. The molecule has 2 aliphatic rings. The summed E-state index contributed by atoms with van der Waals surface area (Å²) in [5, 5.41) is 15.3. The van der Waals surface area contributed by atoms with E-state index in [1.807, 2.05) is 12.1 Å². The molecule has 5 rings (SSSR count). The normalized spacial score (nSPS) is 19.0. The van der Waals surface area contributed by atoms with Gasteiger partial charge in [-0.1, -0.05) is 0 Å². The van der Waals surface area contributed by atoms with Crippen molar-refractivity contribution in [3.63, 3.8) is 0 Å². The lowest BCUT2D eigenvalue weighted by Crippen LogP contribution is -2.40. The zero-order valence-corrected chi connectivity index (χ0v) is 14.7. The van der Waals surface area contributed by atoms with Gasteiger partial charge in [0.2, 0.25) is 0 Å². The van der Waals surface area contributed by atoms with E-state index in [2.05, 4.69) is 31.2 Å². The van der Waals surface area contributed by atoms with Crippen LogP contribution in [0, 0.1) is 17.2 Å². The number of likely N-dealkylation sites (tertiary alicyclic amines) is 1. The molecule has 2 N–H and O–H groups in total. The van der Waals surface area contributed by atoms with Crippen LogP contribution in [-0.2, 0) is 0 Å². The highest BCUT2D eigenvalue weighted by atomic mass is 15.1. The second-order valence-electron chi connectivity index (χ2n) is 7.57. The molecule has 0 spiro atoms. The van der Waals surface area contributed by atoms with Gasteiger partial charge in [-0.25, -0.2) is 9.97 Å². The van der Waals surface area contributed by atoms with E-state index in [9.17, 15) is 5.26 Å². The van der Waals surface area contributed by atoms with Crippen LogP contribution >= 0.6 is 0 Å². The zero-order chi connectivity index (χ0) is 17.5. The van der Waals surface area contributed by atoms with E-state index in [0.29, 0.717) is 11.7 Å². The summed E-state index contributed by atoms with van der Waals surface area (Å²) in [7, 11) is 0. The highest BCUT2D eigenvalue weighted by Crippen LogP contribution is 2.34. The first-order chi connectivity index (χ1) is 12.8. The Kier molecular flexibility index (Phi) is 3.75. The maximum Gasteiger partial charge on any atom is 0.164 e. The Bertz CT molecular complexity index is 989. The number of aromatic nitrogens is 3. The number of nitrogens with zero attached hydrogens (tertiary/aromatic N) is 4. The van der Waals surface area contributed by atoms with Crippen molar-refractivity contribution < 1.29 is 0 Å². The molecular formula is C20H22N6. The highest BCUT2D eigenvalue weighted by molar-refractivity contribution is 6.12. The average Bonchev–Trinajstić information content (AvgIpc) is 3.40. The van der Waals surface area contributed by atoms with Crippen molar-refractivity contribution in [2.24, 2.45) is 5.92 Å². The number of nitrogens with one attached hydrogen (secondary N) is 2. The molecule has 2 fully saturated rings. The predicted molar refractivity (Wildman–Crippen MR) is 102 cm³/mol. The fourth-order valence-electron chi connectivity index (χ4n) is 4.07. The fourth-order valence-corrected chi connectivity index (χ4v) is 4.07. The first-order valence-corrected chi connectivity index (χ1v) is 9.46. The lowest BCUT2D eigenvalue weighted by molar-refractivity contribution is 0.211. The van der Waals surface area contributed by atoms with Crippen LogP contribution in [-0.4, -0.2) is 45.5 Å². The van der Waals surface area contributed by atoms with Crippen LogP contribution in [0.25, 0.3) is 21.9 Å². The molecule has 3 aromatic rings. The topological polar surface area (TPSA) is 80.6 Å². The number of fused-ring (bicyclic) bond motifs is 3. The lowest BCUT2D eigenvalue weighted by atomic mass is 10.0. The lowest BCUT2D eigenvalue weighted by Gasteiger charge is -2.33. The second kappa shape index (κ2) is 6.26. The highest BCUT2D eigenvalue weighted by Gasteiger charge is 2.27. The van der Waals surface area contributed by atoms with Crippen LogP contribution in [0.3, 0.4) is 0 Å². The fraction of sp³-hybridized carbons (Fsp3) is 0.450. The van der Waals surface area contributed by atoms with Crippen molar-refractivity contribution in [1.29, 1.82) is 5.26 Å². The molecule has 6 heteroatoms. The largest absolute Gasteiger partial charge is 0.379 e. The Hall–Kier alpha value is -2.65. The Balaban J connectivity index is 1.45. The van der Waals surface area contributed by atoms with Crippen molar-refractivity contribution in [3.8, 4) is 6.07 Å². The van der Waals surface area contributed by atoms with Gasteiger partial charge in [0.05, 0.1) is 17.4 Å². The number of pyridine rings is 2. The van der Waals surface area contributed by atoms with Crippen molar-refractivity contribution >= 4 is 27.6 Å². The summed E-state index contributed by atoms with van der Waals surface area (Å²) in [5.41, 5.74) is 3.07. The Morgan fingerprint density at radius 2 is 2.08 bits per heavy atom. The van der Waals surface area contributed by atoms with Gasteiger partial charge in [0, 0.05) is 42.6 Å². The second-order valence-corrected chi connectivity index (χ2v) is 7.57. The molecule has 1 saturated heterocycles. The molecule has 0 radical (unpaired) electrons. The molecule has 0 atom stereocenters. The molecule has 1 aliphatic heterocycles. The van der Waals surface area contributed by atoms with E-state index < -0.39 is 0 Å². The quantitative estimate of drug-likeness (QED) is 0.758. The molecule has 0 aromatic carbocycles. The Morgan fingerprint density at radius 3 is 2.85 bits per heavy atom. The predicted octanol–water partition coefficient (Wildman–Crippen LogP) is 3.27. The molecular weight excluding hydrogens is 324 g/mol. The van der Waals surface area contributed by atoms with Crippen molar-refractivity contribution in [2.45, 2.75) is 31.7 Å². The number of nitriles is 1. The summed E-state index contributed by atoms with van der Waals surface area (Å²) < 4.78 is 0. The zero-order valence-electron chi connectivity index (χ0n) is 14.7. The third-order valence-corrected chi connectivity index (χ3v) is 5.66. The molecule has 0 unspecified atom stereocenters. The van der Waals surface area contributed by atoms with Gasteiger partial charge in [-0.2, -0.15) is 5.26 Å². The number of aromatic amines is 1. The van der Waals surface area contributed by atoms with Crippen LogP contribution < -0.4 is 5.32 Å². The maximum absolute atomic E-state index is 9.58. The van der Waals surface area contributed by atoms with Gasteiger partial charge in [-0.3, -0.25) is 0 Å². The number of rotatable bonds is 4. The number of anilines is 1. The molecule has 6 nitrogen and oxygen atoms in total. The Morgan fingerprint density at radius 1 is 1.23 bits per heavy atom. The minimum atomic E-state index is 0.381. The van der Waals surface area contributed by atoms with Gasteiger partial charge in [0.25, 0.3) is 0 Å². The SMILES string of the molecule is N#Cc1ncc2[nH]c3ncccc3c2c1NC1CCN(CC2CC2)CC1. The molecule has 0 amide bonds. The average molecular weight is 346 g/mol. The molecule has 3 aromatic heterocycles. The van der Waals surface area contributed by atoms with Gasteiger partial charge in [-0.15, -0.1) is 0 Å². The number of H-pyrrole nitrogens is 1. The van der Waals surface area contributed by atoms with Gasteiger partial charge >= 0.3 is 0 Å². The maximum atomic E-state index is 9.58. The Labute approximate surface area is 152 Å². The third kappa shape index (κ3) is 2.78. The van der Waals surface area contributed by atoms with Crippen LogP contribution in [0.2, 0.25) is 0 Å². The van der Waals surface area contributed by atoms with Gasteiger partial charge in [-0.05, 0) is 43.7 Å². The van der Waals surface area contributed by atoms with Gasteiger partial charge in [0.15, 0.2) is 5.69 Å². The summed E-state index contributed by atoms with van der Waals surface area (Å²) >= 11 is 0. The van der Waals surface area contributed by atoms with Crippen molar-refractivity contribution in [3.05, 3.63) is 30.2 Å². The number of piperidine rings is 1. The molecule has 132 valence electrons. The minimum absolute atomic E-state index is 0.381. The third-order valence-electron chi connectivity index (χ3n) is 5.66. The first-order valence-electron chi connectivity index (χ1n) is 9.46. The van der Waals surface area contributed by atoms with Crippen LogP contribution in [0.4, 0.5) is 5.69 Å². The summed E-state index contributed by atoms with van der Waals surface area (Å²) in [6, 6.07) is 6.62. The van der Waals surface area contributed by atoms with Gasteiger partial charge < -0.3 is 15.2 Å².